The van der Waals surface area contributed by atoms with Crippen LogP contribution in [-0.4, -0.2) is 38.7 Å². The Morgan fingerprint density at radius 1 is 1.17 bits per heavy atom. The maximum Gasteiger partial charge on any atom is 0.249 e. The lowest BCUT2D eigenvalue weighted by Crippen LogP contribution is -2.25. The largest absolute Gasteiger partial charge is 0.490 e. The van der Waals surface area contributed by atoms with Crippen molar-refractivity contribution in [1.82, 2.24) is 19.6 Å². The molecule has 2 heterocycles. The summed E-state index contributed by atoms with van der Waals surface area (Å²) in [5, 5.41) is 11.9. The molecule has 30 heavy (non-hydrogen) atoms. The number of amides is 1. The number of hydrogen-bond donors (Lipinski definition) is 1. The van der Waals surface area contributed by atoms with Gasteiger partial charge < -0.3 is 14.8 Å². The second-order valence-corrected chi connectivity index (χ2v) is 7.17. The number of ether oxygens (including phenoxy) is 2. The van der Waals surface area contributed by atoms with Gasteiger partial charge in [-0.05, 0) is 45.4 Å². The summed E-state index contributed by atoms with van der Waals surface area (Å²) in [6.45, 7) is 9.13. The first-order valence-electron chi connectivity index (χ1n) is 9.84. The molecule has 1 unspecified atom stereocenters. The lowest BCUT2D eigenvalue weighted by atomic mass is 10.2. The van der Waals surface area contributed by atoms with E-state index in [0.717, 1.165) is 17.0 Å². The number of aromatic nitrogens is 4. The average Bonchev–Trinajstić information content (AvgIpc) is 3.30. The third-order valence-corrected chi connectivity index (χ3v) is 4.96. The number of rotatable bonds is 9. The number of hydrogen-bond acceptors (Lipinski definition) is 5. The van der Waals surface area contributed by atoms with Crippen molar-refractivity contribution in [2.24, 2.45) is 0 Å². The Kier molecular flexibility index (Phi) is 6.99. The summed E-state index contributed by atoms with van der Waals surface area (Å²) in [4.78, 5) is 12.6. The van der Waals surface area contributed by atoms with E-state index in [1.807, 2.05) is 39.0 Å². The van der Waals surface area contributed by atoms with E-state index in [1.54, 1.807) is 28.7 Å². The van der Waals surface area contributed by atoms with Crippen molar-refractivity contribution in [1.29, 1.82) is 0 Å². The topological polar surface area (TPSA) is 83.2 Å². The molecule has 3 aromatic rings. The van der Waals surface area contributed by atoms with Crippen LogP contribution in [0.2, 0.25) is 5.02 Å². The van der Waals surface area contributed by atoms with Gasteiger partial charge in [0.1, 0.15) is 6.04 Å². The summed E-state index contributed by atoms with van der Waals surface area (Å²) < 4.78 is 14.6. The molecular formula is C21H26ClN5O3. The minimum absolute atomic E-state index is 0.197. The average molecular weight is 432 g/mol. The molecule has 2 aromatic heterocycles. The van der Waals surface area contributed by atoms with Gasteiger partial charge in [0.2, 0.25) is 5.91 Å². The van der Waals surface area contributed by atoms with Crippen LogP contribution in [0, 0.1) is 6.92 Å². The van der Waals surface area contributed by atoms with Gasteiger partial charge in [0.15, 0.2) is 11.5 Å². The van der Waals surface area contributed by atoms with Crippen molar-refractivity contribution in [2.45, 2.75) is 40.3 Å². The quantitative estimate of drug-likeness (QED) is 0.551. The molecule has 0 aliphatic rings. The number of carbonyl (C=O) groups excluding carboxylic acids is 1. The summed E-state index contributed by atoms with van der Waals surface area (Å²) in [5.74, 6) is 1.23. The zero-order chi connectivity index (χ0) is 21.7. The molecule has 0 saturated carbocycles. The standard InChI is InChI=1S/C21H26ClN5O3/c1-5-29-19-8-7-16(9-20(19)30-6-2)12-26-13-17(10-23-26)25-21(28)15(4)27-14(3)18(22)11-24-27/h7-11,13,15H,5-6,12H2,1-4H3,(H,25,28). The van der Waals surface area contributed by atoms with Gasteiger partial charge in [-0.15, -0.1) is 0 Å². The Bertz CT molecular complexity index is 1010. The second kappa shape index (κ2) is 9.67. The molecule has 0 saturated heterocycles. The first-order valence-corrected chi connectivity index (χ1v) is 10.2. The summed E-state index contributed by atoms with van der Waals surface area (Å²) in [6.07, 6.45) is 4.93. The Balaban J connectivity index is 1.67. The Labute approximate surface area is 180 Å². The fourth-order valence-corrected chi connectivity index (χ4v) is 3.18. The van der Waals surface area contributed by atoms with Crippen LogP contribution in [-0.2, 0) is 11.3 Å². The minimum atomic E-state index is -0.499. The van der Waals surface area contributed by atoms with Gasteiger partial charge in [0, 0.05) is 6.20 Å². The zero-order valence-electron chi connectivity index (χ0n) is 17.6. The number of anilines is 1. The van der Waals surface area contributed by atoms with Gasteiger partial charge in [-0.25, -0.2) is 0 Å². The predicted octanol–water partition coefficient (Wildman–Crippen LogP) is 4.09. The van der Waals surface area contributed by atoms with Crippen LogP contribution >= 0.6 is 11.6 Å². The lowest BCUT2D eigenvalue weighted by molar-refractivity contribution is -0.119. The highest BCUT2D eigenvalue weighted by molar-refractivity contribution is 6.31. The molecule has 1 N–H and O–H groups in total. The Morgan fingerprint density at radius 2 is 1.90 bits per heavy atom. The fourth-order valence-electron chi connectivity index (χ4n) is 3.05. The molecule has 0 bridgehead atoms. The van der Waals surface area contributed by atoms with Crippen molar-refractivity contribution < 1.29 is 14.3 Å². The maximum absolute atomic E-state index is 12.6. The van der Waals surface area contributed by atoms with E-state index >= 15 is 0 Å². The minimum Gasteiger partial charge on any atom is -0.490 e. The van der Waals surface area contributed by atoms with Crippen molar-refractivity contribution in [3.63, 3.8) is 0 Å². The predicted molar refractivity (Wildman–Crippen MR) is 115 cm³/mol. The van der Waals surface area contributed by atoms with Gasteiger partial charge in [-0.1, -0.05) is 17.7 Å². The van der Waals surface area contributed by atoms with Crippen molar-refractivity contribution in [3.8, 4) is 11.5 Å². The normalized spacial score (nSPS) is 11.9. The highest BCUT2D eigenvalue weighted by Gasteiger charge is 2.19. The molecule has 1 amide bonds. The molecule has 0 aliphatic heterocycles. The number of benzene rings is 1. The smallest absolute Gasteiger partial charge is 0.249 e. The fraction of sp³-hybridized carbons (Fsp3) is 0.381. The number of nitrogens with one attached hydrogen (secondary N) is 1. The first-order chi connectivity index (χ1) is 14.4. The zero-order valence-corrected chi connectivity index (χ0v) is 18.3. The molecule has 3 rings (SSSR count). The van der Waals surface area contributed by atoms with E-state index in [1.165, 1.54) is 6.20 Å². The molecule has 0 radical (unpaired) electrons. The first kappa shape index (κ1) is 21.7. The molecule has 1 atom stereocenters. The van der Waals surface area contributed by atoms with Gasteiger partial charge in [0.25, 0.3) is 0 Å². The van der Waals surface area contributed by atoms with E-state index in [2.05, 4.69) is 15.5 Å². The molecule has 0 spiro atoms. The van der Waals surface area contributed by atoms with Crippen LogP contribution in [0.15, 0.2) is 36.8 Å². The van der Waals surface area contributed by atoms with E-state index in [0.29, 0.717) is 36.2 Å². The van der Waals surface area contributed by atoms with Crippen LogP contribution in [0.4, 0.5) is 5.69 Å². The molecule has 8 nitrogen and oxygen atoms in total. The van der Waals surface area contributed by atoms with Gasteiger partial charge >= 0.3 is 0 Å². The van der Waals surface area contributed by atoms with Gasteiger partial charge in [0.05, 0.1) is 48.6 Å². The molecule has 0 fully saturated rings. The van der Waals surface area contributed by atoms with E-state index in [4.69, 9.17) is 21.1 Å². The van der Waals surface area contributed by atoms with Crippen LogP contribution in [0.25, 0.3) is 0 Å². The molecule has 9 heteroatoms. The number of carbonyl (C=O) groups is 1. The van der Waals surface area contributed by atoms with Gasteiger partial charge in [-0.2, -0.15) is 10.2 Å². The van der Waals surface area contributed by atoms with Crippen LogP contribution < -0.4 is 14.8 Å². The summed E-state index contributed by atoms with van der Waals surface area (Å²) >= 11 is 6.03. The van der Waals surface area contributed by atoms with E-state index in [9.17, 15) is 4.79 Å². The highest BCUT2D eigenvalue weighted by Crippen LogP contribution is 2.29. The SMILES string of the molecule is CCOc1ccc(Cn2cc(NC(=O)C(C)n3ncc(Cl)c3C)cn2)cc1OCC. The molecule has 160 valence electrons. The third kappa shape index (κ3) is 4.94. The third-order valence-electron chi connectivity index (χ3n) is 4.58. The van der Waals surface area contributed by atoms with Crippen LogP contribution in [0.1, 0.15) is 38.1 Å². The maximum atomic E-state index is 12.6. The van der Waals surface area contributed by atoms with E-state index in [-0.39, 0.29) is 5.91 Å². The summed E-state index contributed by atoms with van der Waals surface area (Å²) in [6, 6.07) is 5.32. The highest BCUT2D eigenvalue weighted by atomic mass is 35.5. The monoisotopic (exact) mass is 431 g/mol. The van der Waals surface area contributed by atoms with Crippen LogP contribution in [0.5, 0.6) is 11.5 Å². The van der Waals surface area contributed by atoms with Crippen molar-refractivity contribution >= 4 is 23.2 Å². The molecule has 1 aromatic carbocycles. The van der Waals surface area contributed by atoms with Crippen molar-refractivity contribution in [2.75, 3.05) is 18.5 Å². The van der Waals surface area contributed by atoms with Crippen LogP contribution in [0.3, 0.4) is 0 Å². The summed E-state index contributed by atoms with van der Waals surface area (Å²) in [5.41, 5.74) is 2.37. The summed E-state index contributed by atoms with van der Waals surface area (Å²) in [7, 11) is 0. The van der Waals surface area contributed by atoms with Gasteiger partial charge in [-0.3, -0.25) is 14.2 Å². The second-order valence-electron chi connectivity index (χ2n) is 6.76. The van der Waals surface area contributed by atoms with Crippen molar-refractivity contribution in [3.05, 3.63) is 53.1 Å². The molecule has 0 aliphatic carbocycles. The number of halogens is 1. The Morgan fingerprint density at radius 3 is 2.57 bits per heavy atom. The molecular weight excluding hydrogens is 406 g/mol. The Hall–Kier alpha value is -3.00. The van der Waals surface area contributed by atoms with E-state index < -0.39 is 6.04 Å². The lowest BCUT2D eigenvalue weighted by Gasteiger charge is -2.13. The number of nitrogens with zero attached hydrogens (tertiary/aromatic N) is 4.